The number of aromatic nitrogens is 1. The lowest BCUT2D eigenvalue weighted by Gasteiger charge is -2.34. The Balaban J connectivity index is 1.56. The molecule has 2 unspecified atom stereocenters. The highest BCUT2D eigenvalue weighted by Gasteiger charge is 2.47. The highest BCUT2D eigenvalue weighted by Crippen LogP contribution is 2.36. The number of alkyl halides is 6. The first-order valence-corrected chi connectivity index (χ1v) is 13.2. The minimum absolute atomic E-state index is 0.105. The van der Waals surface area contributed by atoms with E-state index in [4.69, 9.17) is 4.74 Å². The SMILES string of the molecule is Cc1c(C(F)(F)F)cn(C)c(=O)c1-c1ccc(CC(NC(=O)c2c(F)cc([C@H]3OCCNC3C(F)(F)F)cc2F)C(=O)O)cc1. The zero-order chi connectivity index (χ0) is 33.4. The van der Waals surface area contributed by atoms with Crippen LogP contribution in [0.4, 0.5) is 35.1 Å². The second-order valence-corrected chi connectivity index (χ2v) is 10.3. The number of morpholine rings is 1. The molecule has 2 heterocycles. The van der Waals surface area contributed by atoms with Gasteiger partial charge in [0.05, 0.1) is 17.7 Å². The quantitative estimate of drug-likeness (QED) is 0.322. The van der Waals surface area contributed by atoms with Gasteiger partial charge in [-0.05, 0) is 41.3 Å². The molecule has 1 amide bonds. The molecule has 8 nitrogen and oxygen atoms in total. The molecule has 45 heavy (non-hydrogen) atoms. The maximum Gasteiger partial charge on any atom is 0.418 e. The Morgan fingerprint density at radius 1 is 1.09 bits per heavy atom. The number of aliphatic carboxylic acids is 1. The predicted octanol–water partition coefficient (Wildman–Crippen LogP) is 4.68. The van der Waals surface area contributed by atoms with E-state index in [-0.39, 0.29) is 35.4 Å². The fourth-order valence-electron chi connectivity index (χ4n) is 5.07. The third-order valence-corrected chi connectivity index (χ3v) is 7.27. The van der Waals surface area contributed by atoms with Crippen LogP contribution in [0.25, 0.3) is 11.1 Å². The monoisotopic (exact) mass is 647 g/mol. The third kappa shape index (κ3) is 7.17. The molecule has 0 spiro atoms. The lowest BCUT2D eigenvalue weighted by molar-refractivity contribution is -0.197. The number of rotatable bonds is 7. The molecular formula is C29H25F8N3O5. The van der Waals surface area contributed by atoms with Crippen LogP contribution in [0.15, 0.2) is 47.4 Å². The molecule has 1 aromatic heterocycles. The van der Waals surface area contributed by atoms with Crippen LogP contribution in [0.5, 0.6) is 0 Å². The summed E-state index contributed by atoms with van der Waals surface area (Å²) in [6.45, 7) is 0.803. The number of hydrogen-bond donors (Lipinski definition) is 3. The van der Waals surface area contributed by atoms with Crippen LogP contribution in [-0.2, 0) is 29.2 Å². The lowest BCUT2D eigenvalue weighted by atomic mass is 9.96. The number of ether oxygens (including phenoxy) is 1. The summed E-state index contributed by atoms with van der Waals surface area (Å²) < 4.78 is 116. The number of carboxylic acid groups (broad SMARTS) is 1. The van der Waals surface area contributed by atoms with Crippen molar-refractivity contribution >= 4 is 11.9 Å². The molecule has 1 saturated heterocycles. The van der Waals surface area contributed by atoms with E-state index in [1.54, 1.807) is 0 Å². The second-order valence-electron chi connectivity index (χ2n) is 10.3. The number of nitrogens with zero attached hydrogens (tertiary/aromatic N) is 1. The van der Waals surface area contributed by atoms with Crippen molar-refractivity contribution in [2.75, 3.05) is 13.2 Å². The molecular weight excluding hydrogens is 622 g/mol. The van der Waals surface area contributed by atoms with Gasteiger partial charge in [-0.15, -0.1) is 0 Å². The summed E-state index contributed by atoms with van der Waals surface area (Å²) in [7, 11) is 1.16. The van der Waals surface area contributed by atoms with Gasteiger partial charge in [-0.1, -0.05) is 24.3 Å². The number of aryl methyl sites for hydroxylation is 1. The summed E-state index contributed by atoms with van der Waals surface area (Å²) in [5, 5.41) is 13.8. The smallest absolute Gasteiger partial charge is 0.418 e. The third-order valence-electron chi connectivity index (χ3n) is 7.27. The Bertz CT molecular complexity index is 1650. The van der Waals surface area contributed by atoms with Crippen molar-refractivity contribution in [3.63, 3.8) is 0 Å². The van der Waals surface area contributed by atoms with Gasteiger partial charge < -0.3 is 25.0 Å². The number of amides is 1. The molecule has 1 aliphatic rings. The number of pyridine rings is 1. The first kappa shape index (κ1) is 33.6. The highest BCUT2D eigenvalue weighted by atomic mass is 19.4. The Labute approximate surface area is 249 Å². The average Bonchev–Trinajstić information content (AvgIpc) is 2.94. The van der Waals surface area contributed by atoms with E-state index >= 15 is 0 Å². The number of carbonyl (C=O) groups excluding carboxylic acids is 1. The number of carboxylic acids is 1. The van der Waals surface area contributed by atoms with Gasteiger partial charge in [-0.2, -0.15) is 26.3 Å². The number of halogens is 8. The molecule has 1 fully saturated rings. The maximum atomic E-state index is 14.9. The van der Waals surface area contributed by atoms with Crippen LogP contribution in [0.2, 0.25) is 0 Å². The van der Waals surface area contributed by atoms with Gasteiger partial charge in [0.2, 0.25) is 0 Å². The fourth-order valence-corrected chi connectivity index (χ4v) is 5.07. The highest BCUT2D eigenvalue weighted by molar-refractivity contribution is 5.97. The van der Waals surface area contributed by atoms with Crippen LogP contribution in [0.3, 0.4) is 0 Å². The number of hydrogen-bond acceptors (Lipinski definition) is 5. The van der Waals surface area contributed by atoms with Gasteiger partial charge in [0.15, 0.2) is 0 Å². The van der Waals surface area contributed by atoms with Crippen LogP contribution >= 0.6 is 0 Å². The summed E-state index contributed by atoms with van der Waals surface area (Å²) in [6.07, 6.45) is -11.1. The van der Waals surface area contributed by atoms with Crippen LogP contribution in [0.1, 0.15) is 38.7 Å². The fraction of sp³-hybridized carbons (Fsp3) is 0.345. The summed E-state index contributed by atoms with van der Waals surface area (Å²) in [5.74, 6) is -6.21. The van der Waals surface area contributed by atoms with Gasteiger partial charge in [-0.3, -0.25) is 9.59 Å². The summed E-state index contributed by atoms with van der Waals surface area (Å²) in [4.78, 5) is 37.3. The van der Waals surface area contributed by atoms with Crippen LogP contribution in [0, 0.1) is 18.6 Å². The molecule has 0 aliphatic carbocycles. The Morgan fingerprint density at radius 2 is 1.69 bits per heavy atom. The predicted molar refractivity (Wildman–Crippen MR) is 142 cm³/mol. The molecule has 16 heteroatoms. The summed E-state index contributed by atoms with van der Waals surface area (Å²) in [5.41, 5.74) is -3.71. The van der Waals surface area contributed by atoms with E-state index in [1.807, 2.05) is 5.32 Å². The number of nitrogens with one attached hydrogen (secondary N) is 2. The van der Waals surface area contributed by atoms with Crippen molar-refractivity contribution in [1.82, 2.24) is 15.2 Å². The second kappa shape index (κ2) is 12.6. The molecule has 0 bridgehead atoms. The minimum Gasteiger partial charge on any atom is -0.480 e. The standard InChI is InChI=1S/C29H25F8N3O5/c1-13-17(28(32,33)34)12-40(2)26(42)21(13)15-5-3-14(4-6-15)9-20(27(43)44)39-25(41)22-18(30)10-16(11-19(22)31)23-24(29(35,36)37)38-7-8-45-23/h3-6,10-12,20,23-24,38H,7-9H2,1-2H3,(H,39,41)(H,43,44)/t20?,23-,24?/m1/s1. The summed E-state index contributed by atoms with van der Waals surface area (Å²) >= 11 is 0. The molecule has 3 N–H and O–H groups in total. The minimum atomic E-state index is -4.82. The molecule has 2 aromatic carbocycles. The van der Waals surface area contributed by atoms with Crippen molar-refractivity contribution in [2.24, 2.45) is 7.05 Å². The molecule has 0 saturated carbocycles. The van der Waals surface area contributed by atoms with Gasteiger partial charge in [0.25, 0.3) is 11.5 Å². The molecule has 242 valence electrons. The van der Waals surface area contributed by atoms with Crippen molar-refractivity contribution in [3.05, 3.63) is 92.4 Å². The van der Waals surface area contributed by atoms with Crippen molar-refractivity contribution in [1.29, 1.82) is 0 Å². The largest absolute Gasteiger partial charge is 0.480 e. The van der Waals surface area contributed by atoms with Crippen LogP contribution < -0.4 is 16.2 Å². The Hall–Kier alpha value is -4.31. The van der Waals surface area contributed by atoms with E-state index in [1.165, 1.54) is 24.3 Å². The van der Waals surface area contributed by atoms with Gasteiger partial charge >= 0.3 is 18.3 Å². The van der Waals surface area contributed by atoms with Gasteiger partial charge in [0.1, 0.15) is 35.4 Å². The molecule has 1 aliphatic heterocycles. The molecule has 3 aromatic rings. The van der Waals surface area contributed by atoms with Crippen molar-refractivity contribution in [3.8, 4) is 11.1 Å². The maximum absolute atomic E-state index is 14.9. The normalized spacial score (nSPS) is 18.0. The van der Waals surface area contributed by atoms with E-state index in [9.17, 15) is 54.6 Å². The number of benzene rings is 2. The molecule has 0 radical (unpaired) electrons. The zero-order valence-corrected chi connectivity index (χ0v) is 23.4. The lowest BCUT2D eigenvalue weighted by Crippen LogP contribution is -2.52. The molecule has 3 atom stereocenters. The van der Waals surface area contributed by atoms with Crippen molar-refractivity contribution < 1.29 is 54.6 Å². The number of carbonyl (C=O) groups is 2. The van der Waals surface area contributed by atoms with Crippen molar-refractivity contribution in [2.45, 2.75) is 43.9 Å². The summed E-state index contributed by atoms with van der Waals surface area (Å²) in [6, 6.07) is 2.16. The average molecular weight is 648 g/mol. The topological polar surface area (TPSA) is 110 Å². The Morgan fingerprint density at radius 3 is 2.22 bits per heavy atom. The first-order chi connectivity index (χ1) is 20.9. The van der Waals surface area contributed by atoms with Gasteiger partial charge in [0, 0.05) is 26.2 Å². The zero-order valence-electron chi connectivity index (χ0n) is 23.4. The van der Waals surface area contributed by atoms with E-state index in [0.29, 0.717) is 18.3 Å². The van der Waals surface area contributed by atoms with Gasteiger partial charge in [-0.25, -0.2) is 13.6 Å². The van der Waals surface area contributed by atoms with E-state index < -0.39 is 82.7 Å². The van der Waals surface area contributed by atoms with E-state index in [0.717, 1.165) is 18.5 Å². The van der Waals surface area contributed by atoms with E-state index in [2.05, 4.69) is 5.32 Å². The molecule has 4 rings (SSSR count). The van der Waals surface area contributed by atoms with Crippen LogP contribution in [-0.4, -0.2) is 53.0 Å². The first-order valence-electron chi connectivity index (χ1n) is 13.2. The Kier molecular flexibility index (Phi) is 9.40.